The highest BCUT2D eigenvalue weighted by Crippen LogP contribution is 2.39. The van der Waals surface area contributed by atoms with Crippen molar-refractivity contribution in [3.63, 3.8) is 0 Å². The van der Waals surface area contributed by atoms with Gasteiger partial charge in [0.2, 0.25) is 0 Å². The van der Waals surface area contributed by atoms with Gasteiger partial charge in [-0.1, -0.05) is 142 Å². The molecule has 0 fully saturated rings. The van der Waals surface area contributed by atoms with Crippen LogP contribution < -0.4 is 0 Å². The number of benzene rings is 8. The molecule has 9 rings (SSSR count). The summed E-state index contributed by atoms with van der Waals surface area (Å²) in [6.07, 6.45) is 0. The van der Waals surface area contributed by atoms with E-state index in [0.717, 1.165) is 67.7 Å². The monoisotopic (exact) mass is 846 g/mol. The molecular formula is C42H21BrCl6O2. The molecule has 8 aromatic carbocycles. The van der Waals surface area contributed by atoms with E-state index >= 15 is 0 Å². The van der Waals surface area contributed by atoms with Gasteiger partial charge in [-0.25, -0.2) is 0 Å². The second kappa shape index (κ2) is 14.8. The van der Waals surface area contributed by atoms with Crippen LogP contribution in [0.1, 0.15) is 31.8 Å². The summed E-state index contributed by atoms with van der Waals surface area (Å²) in [5.41, 5.74) is 1.15. The van der Waals surface area contributed by atoms with Crippen LogP contribution in [0.4, 0.5) is 0 Å². The summed E-state index contributed by atoms with van der Waals surface area (Å²) in [4.78, 5) is 24.7. The molecule has 0 bridgehead atoms. The zero-order valence-corrected chi connectivity index (χ0v) is 32.2. The Morgan fingerprint density at radius 3 is 1.16 bits per heavy atom. The van der Waals surface area contributed by atoms with Crippen molar-refractivity contribution in [2.75, 3.05) is 0 Å². The third kappa shape index (κ3) is 6.74. The third-order valence-corrected chi connectivity index (χ3v) is 11.4. The summed E-state index contributed by atoms with van der Waals surface area (Å²) in [6, 6.07) is 39.5. The molecule has 0 N–H and O–H groups in total. The van der Waals surface area contributed by atoms with Crippen molar-refractivity contribution < 1.29 is 9.59 Å². The number of rotatable bonds is 0. The Balaban J connectivity index is 0.000000120. The third-order valence-electron chi connectivity index (χ3n) is 8.61. The topological polar surface area (TPSA) is 34.1 Å². The van der Waals surface area contributed by atoms with E-state index in [9.17, 15) is 9.59 Å². The molecule has 0 atom stereocenters. The predicted molar refractivity (Wildman–Crippen MR) is 220 cm³/mol. The summed E-state index contributed by atoms with van der Waals surface area (Å²) in [5, 5.41) is 12.2. The molecule has 0 unspecified atom stereocenters. The van der Waals surface area contributed by atoms with Gasteiger partial charge in [0.1, 0.15) is 0 Å². The number of carbonyl (C=O) groups excluding carboxylic acids is 2. The number of ketones is 2. The van der Waals surface area contributed by atoms with Gasteiger partial charge in [-0.15, -0.1) is 0 Å². The number of fused-ring (bicyclic) bond motifs is 6. The molecule has 1 aliphatic rings. The van der Waals surface area contributed by atoms with Crippen molar-refractivity contribution in [3.8, 4) is 0 Å². The molecule has 250 valence electrons. The van der Waals surface area contributed by atoms with E-state index in [0.29, 0.717) is 11.1 Å². The van der Waals surface area contributed by atoms with Gasteiger partial charge in [0, 0.05) is 57.2 Å². The molecule has 0 amide bonds. The summed E-state index contributed by atoms with van der Waals surface area (Å²) in [5.74, 6) is -0.514. The molecule has 0 aliphatic heterocycles. The lowest BCUT2D eigenvalue weighted by atomic mass is 9.84. The van der Waals surface area contributed by atoms with Crippen molar-refractivity contribution in [2.24, 2.45) is 0 Å². The van der Waals surface area contributed by atoms with Gasteiger partial charge in [0.05, 0.1) is 21.2 Å². The van der Waals surface area contributed by atoms with Crippen LogP contribution in [0.15, 0.2) is 132 Å². The minimum atomic E-state index is -0.296. The van der Waals surface area contributed by atoms with E-state index in [-0.39, 0.29) is 32.7 Å². The summed E-state index contributed by atoms with van der Waals surface area (Å²) < 4.78 is 1.04. The normalized spacial score (nSPS) is 11.9. The van der Waals surface area contributed by atoms with Gasteiger partial charge in [0.15, 0.2) is 11.6 Å². The molecule has 51 heavy (non-hydrogen) atoms. The number of hydrogen-bond acceptors (Lipinski definition) is 2. The molecule has 2 nitrogen and oxygen atoms in total. The molecular weight excluding hydrogens is 829 g/mol. The van der Waals surface area contributed by atoms with Crippen LogP contribution in [0, 0.1) is 0 Å². The van der Waals surface area contributed by atoms with Crippen molar-refractivity contribution in [2.45, 2.75) is 0 Å². The molecule has 9 heteroatoms. The first-order chi connectivity index (χ1) is 24.5. The van der Waals surface area contributed by atoms with Gasteiger partial charge >= 0.3 is 0 Å². The quantitative estimate of drug-likeness (QED) is 0.142. The van der Waals surface area contributed by atoms with Crippen molar-refractivity contribution in [1.29, 1.82) is 0 Å². The number of hydrogen-bond donors (Lipinski definition) is 0. The first-order valence-electron chi connectivity index (χ1n) is 15.4. The lowest BCUT2D eigenvalue weighted by Gasteiger charge is -2.18. The van der Waals surface area contributed by atoms with Crippen molar-refractivity contribution in [1.82, 2.24) is 0 Å². The first kappa shape index (κ1) is 35.7. The lowest BCUT2D eigenvalue weighted by Crippen LogP contribution is -2.21. The summed E-state index contributed by atoms with van der Waals surface area (Å²) >= 11 is 40.4. The Hall–Kier alpha value is -3.64. The van der Waals surface area contributed by atoms with Crippen LogP contribution >= 0.6 is 85.5 Å². The second-order valence-electron chi connectivity index (χ2n) is 11.6. The smallest absolute Gasteiger partial charge is 0.197 e. The highest BCUT2D eigenvalue weighted by molar-refractivity contribution is 9.10. The fourth-order valence-corrected chi connectivity index (χ4v) is 8.32. The van der Waals surface area contributed by atoms with E-state index in [2.05, 4.69) is 40.2 Å². The van der Waals surface area contributed by atoms with E-state index in [1.807, 2.05) is 66.7 Å². The Bertz CT molecular complexity index is 2550. The maximum absolute atomic E-state index is 12.4. The molecule has 0 radical (unpaired) electrons. The molecule has 0 heterocycles. The fourth-order valence-electron chi connectivity index (χ4n) is 6.17. The van der Waals surface area contributed by atoms with E-state index in [1.54, 1.807) is 36.4 Å². The molecule has 0 spiro atoms. The van der Waals surface area contributed by atoms with Gasteiger partial charge in [-0.2, -0.15) is 0 Å². The minimum absolute atomic E-state index is 0.218. The van der Waals surface area contributed by atoms with Crippen molar-refractivity contribution in [3.05, 3.63) is 184 Å². The van der Waals surface area contributed by atoms with Crippen LogP contribution in [-0.4, -0.2) is 11.6 Å². The van der Waals surface area contributed by atoms with Crippen LogP contribution in [0.5, 0.6) is 0 Å². The SMILES string of the molecule is Clc1cccc2c(Br)c3cccc(Cl)c3cc12.Clc1cccc2cc3cccc(Cl)c3cc12.O=C1c2cccc(Cl)c2C(=O)c2c(Cl)cccc21. The molecule has 0 saturated heterocycles. The molecule has 0 aromatic heterocycles. The zero-order chi connectivity index (χ0) is 36.0. The van der Waals surface area contributed by atoms with Gasteiger partial charge in [-0.05, 0) is 92.1 Å². The fraction of sp³-hybridized carbons (Fsp3) is 0. The zero-order valence-electron chi connectivity index (χ0n) is 26.1. The molecule has 8 aromatic rings. The molecule has 1 aliphatic carbocycles. The Labute approximate surface area is 331 Å². The molecule has 0 saturated carbocycles. The van der Waals surface area contributed by atoms with E-state index < -0.39 is 0 Å². The maximum Gasteiger partial charge on any atom is 0.197 e. The lowest BCUT2D eigenvalue weighted by molar-refractivity contribution is 0.0979. The van der Waals surface area contributed by atoms with Crippen molar-refractivity contribution >= 4 is 140 Å². The van der Waals surface area contributed by atoms with Crippen LogP contribution in [-0.2, 0) is 0 Å². The minimum Gasteiger partial charge on any atom is -0.289 e. The number of carbonyl (C=O) groups is 2. The average Bonchev–Trinajstić information content (AvgIpc) is 3.12. The maximum atomic E-state index is 12.4. The Morgan fingerprint density at radius 1 is 0.353 bits per heavy atom. The van der Waals surface area contributed by atoms with Crippen LogP contribution in [0.25, 0.3) is 43.1 Å². The van der Waals surface area contributed by atoms with Gasteiger partial charge in [-0.3, -0.25) is 9.59 Å². The first-order valence-corrected chi connectivity index (χ1v) is 18.5. The highest BCUT2D eigenvalue weighted by Gasteiger charge is 2.32. The van der Waals surface area contributed by atoms with E-state index in [4.69, 9.17) is 69.6 Å². The largest absolute Gasteiger partial charge is 0.289 e. The van der Waals surface area contributed by atoms with Crippen LogP contribution in [0.2, 0.25) is 30.1 Å². The Kier molecular flexibility index (Phi) is 10.4. The number of halogens is 7. The van der Waals surface area contributed by atoms with Gasteiger partial charge in [0.25, 0.3) is 0 Å². The summed E-state index contributed by atoms with van der Waals surface area (Å²) in [6.45, 7) is 0. The second-order valence-corrected chi connectivity index (χ2v) is 14.9. The Morgan fingerprint density at radius 2 is 0.706 bits per heavy atom. The van der Waals surface area contributed by atoms with Gasteiger partial charge < -0.3 is 0 Å². The van der Waals surface area contributed by atoms with Crippen LogP contribution in [0.3, 0.4) is 0 Å². The average molecular weight is 850 g/mol. The summed E-state index contributed by atoms with van der Waals surface area (Å²) in [7, 11) is 0. The van der Waals surface area contributed by atoms with E-state index in [1.165, 1.54) is 0 Å². The predicted octanol–water partition coefficient (Wildman–Crippen LogP) is 15.1. The standard InChI is InChI=1S/C14H7BrCl2.C14H6Cl2O2.C14H8Cl2/c15-14-8-3-1-5-12(16)10(8)7-11-9(14)4-2-6-13(11)17;15-9-5-1-3-7-11(9)14(18)12-8(13(7)17)4-2-6-10(12)16;15-13-5-1-3-9-7-10-4-2-6-14(16)12(10)8-11(9)13/h1-7H;1-6H;1-8H. The highest BCUT2D eigenvalue weighted by atomic mass is 79.9.